The van der Waals surface area contributed by atoms with Gasteiger partial charge in [0.1, 0.15) is 6.54 Å². The summed E-state index contributed by atoms with van der Waals surface area (Å²) in [6.45, 7) is 3.32. The summed E-state index contributed by atoms with van der Waals surface area (Å²) in [6.07, 6.45) is 2.42. The van der Waals surface area contributed by atoms with Crippen molar-refractivity contribution in [3.63, 3.8) is 0 Å². The number of amides is 1. The van der Waals surface area contributed by atoms with E-state index >= 15 is 0 Å². The van der Waals surface area contributed by atoms with Crippen LogP contribution in [0.2, 0.25) is 0 Å². The number of benzene rings is 2. The molecule has 1 saturated heterocycles. The summed E-state index contributed by atoms with van der Waals surface area (Å²) in [5.41, 5.74) is 2.36. The number of nitrogens with one attached hydrogen (secondary N) is 1. The lowest BCUT2D eigenvalue weighted by Gasteiger charge is -2.26. The number of hydrogen-bond acceptors (Lipinski definition) is 5. The fraction of sp³-hybridized carbons (Fsp3) is 0.318. The van der Waals surface area contributed by atoms with E-state index in [0.29, 0.717) is 10.9 Å². The second-order valence-electron chi connectivity index (χ2n) is 7.29. The predicted octanol–water partition coefficient (Wildman–Crippen LogP) is 3.39. The van der Waals surface area contributed by atoms with Gasteiger partial charge in [-0.25, -0.2) is 4.98 Å². The van der Waals surface area contributed by atoms with Gasteiger partial charge in [0.05, 0.1) is 17.2 Å². The van der Waals surface area contributed by atoms with Crippen LogP contribution in [0.1, 0.15) is 5.56 Å². The van der Waals surface area contributed by atoms with Crippen molar-refractivity contribution in [3.05, 3.63) is 69.2 Å². The van der Waals surface area contributed by atoms with Gasteiger partial charge in [-0.05, 0) is 42.3 Å². The molecule has 2 heterocycles. The Morgan fingerprint density at radius 1 is 1.13 bits per heavy atom. The molecular formula is C22H23BrN4O2S. The smallest absolute Gasteiger partial charge is 0.261 e. The SMILES string of the molecule is O=C(Cn1cnc2ccc(Br)cc2c1=O)Nc1ccc(CCN2CCSCC2)cc1. The number of nitrogens with zero attached hydrogens (tertiary/aromatic N) is 3. The molecule has 0 atom stereocenters. The molecule has 1 aliphatic heterocycles. The summed E-state index contributed by atoms with van der Waals surface area (Å²) in [6, 6.07) is 13.3. The monoisotopic (exact) mass is 486 g/mol. The molecule has 0 bridgehead atoms. The largest absolute Gasteiger partial charge is 0.325 e. The van der Waals surface area contributed by atoms with Crippen LogP contribution in [0.25, 0.3) is 10.9 Å². The zero-order valence-corrected chi connectivity index (χ0v) is 18.9. The minimum absolute atomic E-state index is 0.0803. The molecule has 1 fully saturated rings. The molecule has 1 amide bonds. The van der Waals surface area contributed by atoms with Gasteiger partial charge in [-0.15, -0.1) is 0 Å². The van der Waals surface area contributed by atoms with Crippen molar-refractivity contribution in [2.24, 2.45) is 0 Å². The number of carbonyl (C=O) groups is 1. The van der Waals surface area contributed by atoms with Crippen LogP contribution in [0.5, 0.6) is 0 Å². The summed E-state index contributed by atoms with van der Waals surface area (Å²) in [4.78, 5) is 31.8. The fourth-order valence-electron chi connectivity index (χ4n) is 3.47. The van der Waals surface area contributed by atoms with E-state index in [9.17, 15) is 9.59 Å². The normalized spacial score (nSPS) is 14.7. The number of hydrogen-bond donors (Lipinski definition) is 1. The van der Waals surface area contributed by atoms with Crippen molar-refractivity contribution in [3.8, 4) is 0 Å². The highest BCUT2D eigenvalue weighted by Gasteiger charge is 2.11. The minimum atomic E-state index is -0.258. The Kier molecular flexibility index (Phi) is 6.86. The molecule has 30 heavy (non-hydrogen) atoms. The van der Waals surface area contributed by atoms with Crippen molar-refractivity contribution in [2.75, 3.05) is 36.5 Å². The minimum Gasteiger partial charge on any atom is -0.325 e. The van der Waals surface area contributed by atoms with Gasteiger partial charge < -0.3 is 10.2 Å². The number of carbonyl (C=O) groups excluding carboxylic acids is 1. The summed E-state index contributed by atoms with van der Waals surface area (Å²) < 4.78 is 2.13. The lowest BCUT2D eigenvalue weighted by molar-refractivity contribution is -0.116. The van der Waals surface area contributed by atoms with Crippen molar-refractivity contribution < 1.29 is 4.79 Å². The average Bonchev–Trinajstić information content (AvgIpc) is 2.76. The van der Waals surface area contributed by atoms with E-state index in [1.807, 2.05) is 30.0 Å². The average molecular weight is 487 g/mol. The number of halogens is 1. The maximum Gasteiger partial charge on any atom is 0.261 e. The van der Waals surface area contributed by atoms with Gasteiger partial charge in [-0.1, -0.05) is 28.1 Å². The Balaban J connectivity index is 1.35. The lowest BCUT2D eigenvalue weighted by Crippen LogP contribution is -2.34. The number of anilines is 1. The zero-order chi connectivity index (χ0) is 20.9. The summed E-state index contributed by atoms with van der Waals surface area (Å²) in [5.74, 6) is 2.18. The van der Waals surface area contributed by atoms with E-state index in [2.05, 4.69) is 43.3 Å². The Labute approximate surface area is 187 Å². The number of rotatable bonds is 6. The molecule has 1 N–H and O–H groups in total. The van der Waals surface area contributed by atoms with Crippen molar-refractivity contribution in [2.45, 2.75) is 13.0 Å². The molecule has 0 unspecified atom stereocenters. The quantitative estimate of drug-likeness (QED) is 0.578. The van der Waals surface area contributed by atoms with Gasteiger partial charge in [0.2, 0.25) is 5.91 Å². The summed E-state index contributed by atoms with van der Waals surface area (Å²) >= 11 is 5.39. The summed E-state index contributed by atoms with van der Waals surface area (Å²) in [5, 5.41) is 3.34. The third-order valence-corrected chi connectivity index (χ3v) is 6.59. The van der Waals surface area contributed by atoms with E-state index in [0.717, 1.165) is 23.1 Å². The van der Waals surface area contributed by atoms with E-state index in [1.54, 1.807) is 12.1 Å². The second kappa shape index (κ2) is 9.76. The Morgan fingerprint density at radius 2 is 1.90 bits per heavy atom. The number of fused-ring (bicyclic) bond motifs is 1. The van der Waals surface area contributed by atoms with Crippen LogP contribution in [-0.2, 0) is 17.8 Å². The van der Waals surface area contributed by atoms with E-state index in [-0.39, 0.29) is 18.0 Å². The molecule has 6 nitrogen and oxygen atoms in total. The molecule has 0 aliphatic carbocycles. The molecule has 4 rings (SSSR count). The summed E-state index contributed by atoms with van der Waals surface area (Å²) in [7, 11) is 0. The fourth-order valence-corrected chi connectivity index (χ4v) is 4.81. The molecular weight excluding hydrogens is 464 g/mol. The van der Waals surface area contributed by atoms with E-state index in [1.165, 1.54) is 41.1 Å². The first-order valence-corrected chi connectivity index (χ1v) is 11.9. The van der Waals surface area contributed by atoms with Crippen molar-refractivity contribution in [1.82, 2.24) is 14.5 Å². The second-order valence-corrected chi connectivity index (χ2v) is 9.43. The number of thioether (sulfide) groups is 1. The Hall–Kier alpha value is -2.16. The molecule has 0 radical (unpaired) electrons. The molecule has 0 spiro atoms. The van der Waals surface area contributed by atoms with Crippen LogP contribution in [0, 0.1) is 0 Å². The van der Waals surface area contributed by atoms with Gasteiger partial charge in [-0.2, -0.15) is 11.8 Å². The van der Waals surface area contributed by atoms with E-state index in [4.69, 9.17) is 0 Å². The molecule has 156 valence electrons. The maximum absolute atomic E-state index is 12.6. The molecule has 8 heteroatoms. The predicted molar refractivity (Wildman–Crippen MR) is 126 cm³/mol. The topological polar surface area (TPSA) is 67.2 Å². The van der Waals surface area contributed by atoms with Crippen LogP contribution in [0.3, 0.4) is 0 Å². The van der Waals surface area contributed by atoms with E-state index < -0.39 is 0 Å². The first kappa shape index (κ1) is 21.1. The van der Waals surface area contributed by atoms with Crippen molar-refractivity contribution in [1.29, 1.82) is 0 Å². The third kappa shape index (κ3) is 5.30. The van der Waals surface area contributed by atoms with Crippen molar-refractivity contribution >= 4 is 50.2 Å². The molecule has 1 aromatic heterocycles. The molecule has 1 aliphatic rings. The highest BCUT2D eigenvalue weighted by molar-refractivity contribution is 9.10. The maximum atomic E-state index is 12.6. The van der Waals surface area contributed by atoms with Gasteiger partial charge >= 0.3 is 0 Å². The third-order valence-electron chi connectivity index (χ3n) is 5.16. The Bertz CT molecular complexity index is 1090. The number of aromatic nitrogens is 2. The zero-order valence-electron chi connectivity index (χ0n) is 16.5. The van der Waals surface area contributed by atoms with Gasteiger partial charge in [0, 0.05) is 41.3 Å². The molecule has 0 saturated carbocycles. The molecule has 3 aromatic rings. The first-order chi connectivity index (χ1) is 14.6. The van der Waals surface area contributed by atoms with Crippen LogP contribution in [0.15, 0.2) is 58.1 Å². The van der Waals surface area contributed by atoms with Crippen LogP contribution >= 0.6 is 27.7 Å². The van der Waals surface area contributed by atoms with Crippen LogP contribution in [-0.4, -0.2) is 51.5 Å². The van der Waals surface area contributed by atoms with Crippen LogP contribution in [0.4, 0.5) is 5.69 Å². The van der Waals surface area contributed by atoms with Gasteiger partial charge in [-0.3, -0.25) is 14.2 Å². The van der Waals surface area contributed by atoms with Crippen LogP contribution < -0.4 is 10.9 Å². The van der Waals surface area contributed by atoms with Gasteiger partial charge in [0.25, 0.3) is 5.56 Å². The first-order valence-electron chi connectivity index (χ1n) is 9.92. The van der Waals surface area contributed by atoms with Gasteiger partial charge in [0.15, 0.2) is 0 Å². The standard InChI is InChI=1S/C22H23BrN4O2S/c23-17-3-6-20-19(13-17)22(29)27(15-24-20)14-21(28)25-18-4-1-16(2-5-18)7-8-26-9-11-30-12-10-26/h1-6,13,15H,7-12,14H2,(H,25,28). The lowest BCUT2D eigenvalue weighted by atomic mass is 10.1. The highest BCUT2D eigenvalue weighted by Crippen LogP contribution is 2.15. The molecule has 2 aromatic carbocycles. The Morgan fingerprint density at radius 3 is 2.67 bits per heavy atom. The highest BCUT2D eigenvalue weighted by atomic mass is 79.9.